The molecule has 0 aliphatic heterocycles. The molecule has 2 unspecified atom stereocenters. The van der Waals surface area contributed by atoms with Gasteiger partial charge in [0.2, 0.25) is 0 Å². The smallest absolute Gasteiger partial charge is 0.0518 e. The number of fused-ring (bicyclic) bond motifs is 1. The van der Waals surface area contributed by atoms with Gasteiger partial charge in [-0.25, -0.2) is 0 Å². The maximum atomic E-state index is 5.58. The summed E-state index contributed by atoms with van der Waals surface area (Å²) >= 11 is 0. The minimum Gasteiger partial charge on any atom is -0.379 e. The molecule has 2 atom stereocenters. The van der Waals surface area contributed by atoms with Gasteiger partial charge in [-0.05, 0) is 56.7 Å². The van der Waals surface area contributed by atoms with Gasteiger partial charge in [-0.2, -0.15) is 0 Å². The van der Waals surface area contributed by atoms with Crippen molar-refractivity contribution in [1.29, 1.82) is 0 Å². The molecule has 19 heavy (non-hydrogen) atoms. The number of rotatable bonds is 6. The van der Waals surface area contributed by atoms with Crippen molar-refractivity contribution in [1.82, 2.24) is 5.32 Å². The zero-order valence-corrected chi connectivity index (χ0v) is 12.5. The molecule has 0 fully saturated rings. The summed E-state index contributed by atoms with van der Waals surface area (Å²) in [6.07, 6.45) is 3.98. The SMILES string of the molecule is CC(C)OCCCNC1CCC(C)c2ccccc21. The van der Waals surface area contributed by atoms with E-state index in [1.54, 1.807) is 0 Å². The first-order chi connectivity index (χ1) is 9.18. The fraction of sp³-hybridized carbons (Fsp3) is 0.647. The fourth-order valence-corrected chi connectivity index (χ4v) is 2.88. The van der Waals surface area contributed by atoms with Gasteiger partial charge < -0.3 is 10.1 Å². The maximum absolute atomic E-state index is 5.58. The maximum Gasteiger partial charge on any atom is 0.0518 e. The molecule has 0 aromatic heterocycles. The van der Waals surface area contributed by atoms with E-state index in [0.717, 1.165) is 19.6 Å². The van der Waals surface area contributed by atoms with Crippen LogP contribution in [0.1, 0.15) is 63.1 Å². The molecule has 0 heterocycles. The highest BCUT2D eigenvalue weighted by Gasteiger charge is 2.23. The molecule has 2 rings (SSSR count). The summed E-state index contributed by atoms with van der Waals surface area (Å²) in [5.74, 6) is 0.707. The van der Waals surface area contributed by atoms with Crippen molar-refractivity contribution < 1.29 is 4.74 Å². The quantitative estimate of drug-likeness (QED) is 0.781. The third-order valence-corrected chi connectivity index (χ3v) is 3.95. The standard InChI is InChI=1S/C17H27NO/c1-13(2)19-12-6-11-18-17-10-9-14(3)15-7-4-5-8-16(15)17/h4-5,7-8,13-14,17-18H,6,9-12H2,1-3H3. The molecule has 2 nitrogen and oxygen atoms in total. The molecule has 0 amide bonds. The van der Waals surface area contributed by atoms with Crippen LogP contribution in [0.2, 0.25) is 0 Å². The van der Waals surface area contributed by atoms with Crippen molar-refractivity contribution in [3.05, 3.63) is 35.4 Å². The average molecular weight is 261 g/mol. The van der Waals surface area contributed by atoms with E-state index in [1.807, 2.05) is 0 Å². The van der Waals surface area contributed by atoms with E-state index in [-0.39, 0.29) is 0 Å². The summed E-state index contributed by atoms with van der Waals surface area (Å²) in [4.78, 5) is 0. The Morgan fingerprint density at radius 2 is 1.95 bits per heavy atom. The summed E-state index contributed by atoms with van der Waals surface area (Å²) in [5.41, 5.74) is 3.04. The molecular weight excluding hydrogens is 234 g/mol. The molecule has 1 aromatic carbocycles. The van der Waals surface area contributed by atoms with E-state index in [1.165, 1.54) is 24.0 Å². The summed E-state index contributed by atoms with van der Waals surface area (Å²) in [5, 5.41) is 3.69. The van der Waals surface area contributed by atoms with Crippen LogP contribution in [0.25, 0.3) is 0 Å². The van der Waals surface area contributed by atoms with Crippen molar-refractivity contribution in [2.24, 2.45) is 0 Å². The highest BCUT2D eigenvalue weighted by atomic mass is 16.5. The molecule has 2 heteroatoms. The second-order valence-electron chi connectivity index (χ2n) is 5.89. The lowest BCUT2D eigenvalue weighted by Crippen LogP contribution is -2.27. The highest BCUT2D eigenvalue weighted by molar-refractivity contribution is 5.34. The van der Waals surface area contributed by atoms with Crippen LogP contribution >= 0.6 is 0 Å². The van der Waals surface area contributed by atoms with Gasteiger partial charge in [0.25, 0.3) is 0 Å². The predicted molar refractivity (Wildman–Crippen MR) is 80.5 cm³/mol. The number of benzene rings is 1. The Bertz CT molecular complexity index is 389. The van der Waals surface area contributed by atoms with Gasteiger partial charge in [0.05, 0.1) is 6.10 Å². The first-order valence-corrected chi connectivity index (χ1v) is 7.62. The summed E-state index contributed by atoms with van der Waals surface area (Å²) in [7, 11) is 0. The van der Waals surface area contributed by atoms with Crippen LogP contribution in [0.4, 0.5) is 0 Å². The van der Waals surface area contributed by atoms with Crippen molar-refractivity contribution in [3.63, 3.8) is 0 Å². The lowest BCUT2D eigenvalue weighted by Gasteiger charge is -2.30. The average Bonchev–Trinajstić information content (AvgIpc) is 2.41. The minimum absolute atomic E-state index is 0.344. The van der Waals surface area contributed by atoms with E-state index < -0.39 is 0 Å². The zero-order chi connectivity index (χ0) is 13.7. The third-order valence-electron chi connectivity index (χ3n) is 3.95. The summed E-state index contributed by atoms with van der Waals surface area (Å²) in [6, 6.07) is 9.43. The van der Waals surface area contributed by atoms with E-state index in [4.69, 9.17) is 4.74 Å². The van der Waals surface area contributed by atoms with Crippen molar-refractivity contribution in [3.8, 4) is 0 Å². The molecule has 1 N–H and O–H groups in total. The van der Waals surface area contributed by atoms with E-state index >= 15 is 0 Å². The Kier molecular flexibility index (Phi) is 5.41. The lowest BCUT2D eigenvalue weighted by molar-refractivity contribution is 0.0766. The molecule has 1 aromatic rings. The minimum atomic E-state index is 0.344. The molecule has 0 saturated carbocycles. The van der Waals surface area contributed by atoms with Crippen molar-refractivity contribution >= 4 is 0 Å². The number of hydrogen-bond donors (Lipinski definition) is 1. The molecule has 1 aliphatic rings. The number of hydrogen-bond acceptors (Lipinski definition) is 2. The van der Waals surface area contributed by atoms with Gasteiger partial charge in [0, 0.05) is 12.6 Å². The van der Waals surface area contributed by atoms with Crippen LogP contribution in [0.5, 0.6) is 0 Å². The first-order valence-electron chi connectivity index (χ1n) is 7.62. The van der Waals surface area contributed by atoms with Crippen LogP contribution in [0.15, 0.2) is 24.3 Å². The third kappa shape index (κ3) is 4.05. The van der Waals surface area contributed by atoms with Crippen LogP contribution < -0.4 is 5.32 Å². The van der Waals surface area contributed by atoms with Gasteiger partial charge in [-0.3, -0.25) is 0 Å². The largest absolute Gasteiger partial charge is 0.379 e. The monoisotopic (exact) mass is 261 g/mol. The van der Waals surface area contributed by atoms with E-state index in [0.29, 0.717) is 18.1 Å². The second kappa shape index (κ2) is 7.06. The highest BCUT2D eigenvalue weighted by Crippen LogP contribution is 2.36. The first kappa shape index (κ1) is 14.5. The fourth-order valence-electron chi connectivity index (χ4n) is 2.88. The normalized spacial score (nSPS) is 22.5. The zero-order valence-electron chi connectivity index (χ0n) is 12.5. The summed E-state index contributed by atoms with van der Waals surface area (Å²) in [6.45, 7) is 8.42. The summed E-state index contributed by atoms with van der Waals surface area (Å²) < 4.78 is 5.58. The molecule has 106 valence electrons. The molecule has 0 bridgehead atoms. The molecule has 0 saturated heterocycles. The van der Waals surface area contributed by atoms with E-state index in [2.05, 4.69) is 50.4 Å². The van der Waals surface area contributed by atoms with Gasteiger partial charge in [-0.15, -0.1) is 0 Å². The van der Waals surface area contributed by atoms with Crippen LogP contribution in [-0.4, -0.2) is 19.3 Å². The number of ether oxygens (including phenoxy) is 1. The Morgan fingerprint density at radius 1 is 1.21 bits per heavy atom. The van der Waals surface area contributed by atoms with Gasteiger partial charge in [0.1, 0.15) is 0 Å². The lowest BCUT2D eigenvalue weighted by atomic mass is 9.81. The predicted octanol–water partition coefficient (Wildman–Crippen LogP) is 4.03. The van der Waals surface area contributed by atoms with Gasteiger partial charge in [0.15, 0.2) is 0 Å². The van der Waals surface area contributed by atoms with Gasteiger partial charge in [-0.1, -0.05) is 31.2 Å². The Labute approximate surface area is 117 Å². The van der Waals surface area contributed by atoms with Crippen LogP contribution in [0, 0.1) is 0 Å². The Balaban J connectivity index is 1.83. The Hall–Kier alpha value is -0.860. The second-order valence-corrected chi connectivity index (χ2v) is 5.89. The Morgan fingerprint density at radius 3 is 2.68 bits per heavy atom. The van der Waals surface area contributed by atoms with Gasteiger partial charge >= 0.3 is 0 Å². The molecular formula is C17H27NO. The van der Waals surface area contributed by atoms with Crippen LogP contribution in [-0.2, 0) is 4.74 Å². The molecule has 1 aliphatic carbocycles. The van der Waals surface area contributed by atoms with E-state index in [9.17, 15) is 0 Å². The van der Waals surface area contributed by atoms with Crippen LogP contribution in [0.3, 0.4) is 0 Å². The molecule has 0 radical (unpaired) electrons. The van der Waals surface area contributed by atoms with Crippen molar-refractivity contribution in [2.45, 2.75) is 58.1 Å². The topological polar surface area (TPSA) is 21.3 Å². The molecule has 0 spiro atoms. The van der Waals surface area contributed by atoms with Crippen molar-refractivity contribution in [2.75, 3.05) is 13.2 Å². The number of nitrogens with one attached hydrogen (secondary N) is 1.